The molecule has 4 N–H and O–H groups in total. The lowest BCUT2D eigenvalue weighted by Crippen LogP contribution is -2.47. The molecule has 0 saturated carbocycles. The minimum absolute atomic E-state index is 0.411. The van der Waals surface area contributed by atoms with Crippen LogP contribution in [0.3, 0.4) is 0 Å². The van der Waals surface area contributed by atoms with Gasteiger partial charge in [0, 0.05) is 5.69 Å². The summed E-state index contributed by atoms with van der Waals surface area (Å²) in [5.74, 6) is -0.797. The molecule has 1 aromatic rings. The Balaban J connectivity index is 2.59. The molecule has 0 aliphatic carbocycles. The van der Waals surface area contributed by atoms with Gasteiger partial charge in [0.2, 0.25) is 0 Å². The van der Waals surface area contributed by atoms with Crippen LogP contribution in [0.5, 0.6) is 5.75 Å². The summed E-state index contributed by atoms with van der Waals surface area (Å²) in [6.45, 7) is 0.686. The highest BCUT2D eigenvalue weighted by Gasteiger charge is 2.30. The number of benzene rings is 1. The number of carboxylic acids is 1. The first kappa shape index (κ1) is 16.3. The second-order valence-electron chi connectivity index (χ2n) is 4.24. The number of nitrogens with one attached hydrogen (secondary N) is 2. The number of methoxy groups -OCH3 is 1. The van der Waals surface area contributed by atoms with E-state index in [0.717, 1.165) is 6.92 Å². The summed E-state index contributed by atoms with van der Waals surface area (Å²) in [7, 11) is 1.52. The largest absolute Gasteiger partial charge is 0.496 e. The standard InChI is InChI=1S/C12H15BrN2O5/c1-12(19,10(16)17)6-14-11(18)15-7-3-4-9(20-2)8(13)5-7/h3-5,19H,6H2,1-2H3,(H,16,17)(H2,14,15,18). The summed E-state index contributed by atoms with van der Waals surface area (Å²) in [5.41, 5.74) is -1.53. The number of ether oxygens (including phenoxy) is 1. The Hall–Kier alpha value is -1.80. The summed E-state index contributed by atoms with van der Waals surface area (Å²) >= 11 is 3.27. The molecule has 0 radical (unpaired) electrons. The van der Waals surface area contributed by atoms with Gasteiger partial charge in [-0.25, -0.2) is 9.59 Å². The molecule has 0 aromatic heterocycles. The predicted molar refractivity (Wildman–Crippen MR) is 76.0 cm³/mol. The highest BCUT2D eigenvalue weighted by Crippen LogP contribution is 2.27. The zero-order chi connectivity index (χ0) is 15.3. The van der Waals surface area contributed by atoms with Crippen LogP contribution in [-0.2, 0) is 4.79 Å². The minimum atomic E-state index is -2.02. The number of aliphatic carboxylic acids is 1. The molecule has 2 amide bonds. The summed E-state index contributed by atoms with van der Waals surface area (Å²) in [4.78, 5) is 22.2. The van der Waals surface area contributed by atoms with Gasteiger partial charge < -0.3 is 25.6 Å². The van der Waals surface area contributed by atoms with E-state index in [0.29, 0.717) is 15.9 Å². The fourth-order valence-corrected chi connectivity index (χ4v) is 1.79. The van der Waals surface area contributed by atoms with Crippen LogP contribution in [0.2, 0.25) is 0 Å². The van der Waals surface area contributed by atoms with Gasteiger partial charge in [-0.1, -0.05) is 0 Å². The minimum Gasteiger partial charge on any atom is -0.496 e. The second-order valence-corrected chi connectivity index (χ2v) is 5.09. The molecule has 1 aromatic carbocycles. The average molecular weight is 347 g/mol. The molecular weight excluding hydrogens is 332 g/mol. The van der Waals surface area contributed by atoms with Crippen molar-refractivity contribution in [1.29, 1.82) is 0 Å². The first-order valence-corrected chi connectivity index (χ1v) is 6.39. The third kappa shape index (κ3) is 4.39. The van der Waals surface area contributed by atoms with E-state index in [4.69, 9.17) is 9.84 Å². The number of aliphatic hydroxyl groups is 1. The maximum absolute atomic E-state index is 11.6. The summed E-state index contributed by atoms with van der Waals surface area (Å²) in [5, 5.41) is 22.9. The lowest BCUT2D eigenvalue weighted by Gasteiger charge is -2.18. The fourth-order valence-electron chi connectivity index (χ4n) is 1.25. The van der Waals surface area contributed by atoms with E-state index in [9.17, 15) is 14.7 Å². The van der Waals surface area contributed by atoms with Crippen molar-refractivity contribution in [2.75, 3.05) is 19.0 Å². The van der Waals surface area contributed by atoms with E-state index >= 15 is 0 Å². The molecule has 0 heterocycles. The molecule has 1 rings (SSSR count). The van der Waals surface area contributed by atoms with Crippen molar-refractivity contribution in [3.63, 3.8) is 0 Å². The number of amides is 2. The van der Waals surface area contributed by atoms with E-state index in [1.54, 1.807) is 18.2 Å². The van der Waals surface area contributed by atoms with Crippen LogP contribution < -0.4 is 15.4 Å². The van der Waals surface area contributed by atoms with Crippen LogP contribution >= 0.6 is 15.9 Å². The van der Waals surface area contributed by atoms with Gasteiger partial charge in [-0.05, 0) is 41.1 Å². The first-order valence-electron chi connectivity index (χ1n) is 5.60. The third-order valence-electron chi connectivity index (χ3n) is 2.46. The van der Waals surface area contributed by atoms with Crippen molar-refractivity contribution >= 4 is 33.6 Å². The topological polar surface area (TPSA) is 108 Å². The molecule has 20 heavy (non-hydrogen) atoms. The number of rotatable bonds is 5. The van der Waals surface area contributed by atoms with Crippen molar-refractivity contribution in [2.45, 2.75) is 12.5 Å². The number of carbonyl (C=O) groups excluding carboxylic acids is 1. The van der Waals surface area contributed by atoms with Gasteiger partial charge in [-0.15, -0.1) is 0 Å². The quantitative estimate of drug-likeness (QED) is 0.644. The number of halogens is 1. The van der Waals surface area contributed by atoms with Crippen molar-refractivity contribution < 1.29 is 24.5 Å². The number of hydrogen-bond donors (Lipinski definition) is 4. The summed E-state index contributed by atoms with van der Waals surface area (Å²) < 4.78 is 5.71. The Morgan fingerprint density at radius 1 is 1.45 bits per heavy atom. The second kappa shape index (κ2) is 6.58. The third-order valence-corrected chi connectivity index (χ3v) is 3.08. The molecule has 0 aliphatic rings. The van der Waals surface area contributed by atoms with E-state index < -0.39 is 24.1 Å². The molecule has 8 heteroatoms. The SMILES string of the molecule is COc1ccc(NC(=O)NCC(C)(O)C(=O)O)cc1Br. The normalized spacial score (nSPS) is 13.2. The Labute approximate surface area is 124 Å². The molecule has 0 spiro atoms. The number of hydrogen-bond acceptors (Lipinski definition) is 4. The monoisotopic (exact) mass is 346 g/mol. The van der Waals surface area contributed by atoms with Crippen molar-refractivity contribution in [3.8, 4) is 5.75 Å². The predicted octanol–water partition coefficient (Wildman–Crippen LogP) is 1.41. The van der Waals surface area contributed by atoms with Gasteiger partial charge in [0.25, 0.3) is 0 Å². The summed E-state index contributed by atoms with van der Waals surface area (Å²) in [6.07, 6.45) is 0. The van der Waals surface area contributed by atoms with Gasteiger partial charge in [0.1, 0.15) is 5.75 Å². The first-order chi connectivity index (χ1) is 9.26. The van der Waals surface area contributed by atoms with E-state index in [-0.39, 0.29) is 0 Å². The van der Waals surface area contributed by atoms with Gasteiger partial charge in [0.15, 0.2) is 5.60 Å². The Morgan fingerprint density at radius 2 is 2.10 bits per heavy atom. The van der Waals surface area contributed by atoms with Crippen LogP contribution in [0.4, 0.5) is 10.5 Å². The molecule has 0 bridgehead atoms. The van der Waals surface area contributed by atoms with E-state index in [1.165, 1.54) is 7.11 Å². The van der Waals surface area contributed by atoms with E-state index in [2.05, 4.69) is 26.6 Å². The molecule has 1 atom stereocenters. The fraction of sp³-hybridized carbons (Fsp3) is 0.333. The summed E-state index contributed by atoms with van der Waals surface area (Å²) in [6, 6.07) is 4.29. The number of anilines is 1. The molecule has 0 saturated heterocycles. The van der Waals surface area contributed by atoms with Crippen LogP contribution in [0, 0.1) is 0 Å². The highest BCUT2D eigenvalue weighted by molar-refractivity contribution is 9.10. The van der Waals surface area contributed by atoms with Crippen molar-refractivity contribution in [2.24, 2.45) is 0 Å². The van der Waals surface area contributed by atoms with Crippen molar-refractivity contribution in [1.82, 2.24) is 5.32 Å². The number of carboxylic acid groups (broad SMARTS) is 1. The zero-order valence-corrected chi connectivity index (χ0v) is 12.5. The highest BCUT2D eigenvalue weighted by atomic mass is 79.9. The molecule has 0 aliphatic heterocycles. The lowest BCUT2D eigenvalue weighted by molar-refractivity contribution is -0.155. The maximum Gasteiger partial charge on any atom is 0.337 e. The smallest absolute Gasteiger partial charge is 0.337 e. The van der Waals surface area contributed by atoms with Gasteiger partial charge >= 0.3 is 12.0 Å². The van der Waals surface area contributed by atoms with E-state index in [1.807, 2.05) is 0 Å². The van der Waals surface area contributed by atoms with Crippen LogP contribution in [0.15, 0.2) is 22.7 Å². The zero-order valence-electron chi connectivity index (χ0n) is 10.9. The number of urea groups is 1. The van der Waals surface area contributed by atoms with Gasteiger partial charge in [0.05, 0.1) is 18.1 Å². The van der Waals surface area contributed by atoms with Crippen molar-refractivity contribution in [3.05, 3.63) is 22.7 Å². The molecule has 7 nitrogen and oxygen atoms in total. The average Bonchev–Trinajstić information content (AvgIpc) is 2.36. The Kier molecular flexibility index (Phi) is 5.34. The van der Waals surface area contributed by atoms with Crippen LogP contribution in [0.25, 0.3) is 0 Å². The lowest BCUT2D eigenvalue weighted by atomic mass is 10.1. The maximum atomic E-state index is 11.6. The molecule has 1 unspecified atom stereocenters. The number of carbonyl (C=O) groups is 2. The molecular formula is C12H15BrN2O5. The van der Waals surface area contributed by atoms with Gasteiger partial charge in [-0.3, -0.25) is 0 Å². The molecule has 110 valence electrons. The van der Waals surface area contributed by atoms with Crippen LogP contribution in [-0.4, -0.2) is 41.5 Å². The van der Waals surface area contributed by atoms with Gasteiger partial charge in [-0.2, -0.15) is 0 Å². The molecule has 0 fully saturated rings. The Morgan fingerprint density at radius 3 is 2.60 bits per heavy atom. The van der Waals surface area contributed by atoms with Crippen LogP contribution in [0.1, 0.15) is 6.92 Å². The Bertz CT molecular complexity index is 519.